The van der Waals surface area contributed by atoms with Gasteiger partial charge in [-0.2, -0.15) is 0 Å². The quantitative estimate of drug-likeness (QED) is 0.603. The Morgan fingerprint density at radius 2 is 1.38 bits per heavy atom. The molecule has 0 aliphatic heterocycles. The third-order valence-electron chi connectivity index (χ3n) is 2.38. The van der Waals surface area contributed by atoms with Gasteiger partial charge in [0, 0.05) is 6.04 Å². The first-order valence-electron chi connectivity index (χ1n) is 5.78. The first-order valence-corrected chi connectivity index (χ1v) is 5.78. The number of hydrogen-bond donors (Lipinski definition) is 1. The summed E-state index contributed by atoms with van der Waals surface area (Å²) in [7, 11) is 0. The molecule has 13 heavy (non-hydrogen) atoms. The Morgan fingerprint density at radius 3 is 1.85 bits per heavy atom. The fourth-order valence-electron chi connectivity index (χ4n) is 1.68. The summed E-state index contributed by atoms with van der Waals surface area (Å²) in [5.41, 5.74) is 5.99. The molecule has 1 atom stereocenters. The Balaban J connectivity index is 3.22. The average Bonchev–Trinajstić information content (AvgIpc) is 1.96. The summed E-state index contributed by atoms with van der Waals surface area (Å²) in [4.78, 5) is 0. The predicted molar refractivity (Wildman–Crippen MR) is 60.7 cm³/mol. The average molecular weight is 185 g/mol. The Kier molecular flexibility index (Phi) is 7.35. The van der Waals surface area contributed by atoms with Crippen molar-refractivity contribution >= 4 is 0 Å². The number of hydrogen-bond acceptors (Lipinski definition) is 1. The maximum atomic E-state index is 5.99. The monoisotopic (exact) mass is 185 g/mol. The fourth-order valence-corrected chi connectivity index (χ4v) is 1.68. The summed E-state index contributed by atoms with van der Waals surface area (Å²) in [6.07, 6.45) is 6.41. The van der Waals surface area contributed by atoms with Gasteiger partial charge in [-0.3, -0.25) is 0 Å². The third-order valence-corrected chi connectivity index (χ3v) is 2.38. The highest BCUT2D eigenvalue weighted by Crippen LogP contribution is 2.12. The van der Waals surface area contributed by atoms with Gasteiger partial charge in [0.05, 0.1) is 0 Å². The second-order valence-corrected chi connectivity index (χ2v) is 5.07. The van der Waals surface area contributed by atoms with E-state index in [1.54, 1.807) is 0 Å². The highest BCUT2D eigenvalue weighted by molar-refractivity contribution is 4.63. The van der Waals surface area contributed by atoms with Crippen molar-refractivity contribution in [1.29, 1.82) is 0 Å². The van der Waals surface area contributed by atoms with Crippen molar-refractivity contribution in [3.05, 3.63) is 0 Å². The van der Waals surface area contributed by atoms with E-state index in [1.165, 1.54) is 32.1 Å². The van der Waals surface area contributed by atoms with Crippen molar-refractivity contribution in [2.45, 2.75) is 65.8 Å². The molecule has 0 saturated heterocycles. The van der Waals surface area contributed by atoms with E-state index in [4.69, 9.17) is 5.73 Å². The van der Waals surface area contributed by atoms with Crippen LogP contribution in [0.15, 0.2) is 0 Å². The summed E-state index contributed by atoms with van der Waals surface area (Å²) < 4.78 is 0. The van der Waals surface area contributed by atoms with Crippen LogP contribution in [0.5, 0.6) is 0 Å². The van der Waals surface area contributed by atoms with E-state index in [2.05, 4.69) is 27.7 Å². The van der Waals surface area contributed by atoms with Crippen LogP contribution < -0.4 is 5.73 Å². The van der Waals surface area contributed by atoms with E-state index < -0.39 is 0 Å². The fraction of sp³-hybridized carbons (Fsp3) is 1.00. The lowest BCUT2D eigenvalue weighted by Gasteiger charge is -2.13. The molecule has 0 rings (SSSR count). The van der Waals surface area contributed by atoms with Crippen molar-refractivity contribution < 1.29 is 0 Å². The van der Waals surface area contributed by atoms with Crippen LogP contribution in [0.3, 0.4) is 0 Å². The van der Waals surface area contributed by atoms with Crippen LogP contribution in [-0.4, -0.2) is 6.04 Å². The van der Waals surface area contributed by atoms with Gasteiger partial charge >= 0.3 is 0 Å². The van der Waals surface area contributed by atoms with Gasteiger partial charge in [-0.25, -0.2) is 0 Å². The van der Waals surface area contributed by atoms with E-state index >= 15 is 0 Å². The molecule has 0 amide bonds. The van der Waals surface area contributed by atoms with Gasteiger partial charge in [0.1, 0.15) is 0 Å². The Bertz CT molecular complexity index is 108. The Hall–Kier alpha value is -0.0400. The summed E-state index contributed by atoms with van der Waals surface area (Å²) in [5, 5.41) is 0. The van der Waals surface area contributed by atoms with E-state index in [1.807, 2.05) is 0 Å². The topological polar surface area (TPSA) is 26.0 Å². The number of rotatable bonds is 7. The lowest BCUT2D eigenvalue weighted by Crippen LogP contribution is -2.21. The van der Waals surface area contributed by atoms with Crippen molar-refractivity contribution in [2.24, 2.45) is 17.6 Å². The standard InChI is InChI=1S/C12H27N/c1-10(2)7-5-6-8-12(13)9-11(3)4/h10-12H,5-9,13H2,1-4H3. The summed E-state index contributed by atoms with van der Waals surface area (Å²) >= 11 is 0. The molecule has 0 fully saturated rings. The molecule has 0 aromatic rings. The largest absolute Gasteiger partial charge is 0.328 e. The van der Waals surface area contributed by atoms with Gasteiger partial charge in [-0.15, -0.1) is 0 Å². The molecule has 2 N–H and O–H groups in total. The lowest BCUT2D eigenvalue weighted by molar-refractivity contribution is 0.442. The van der Waals surface area contributed by atoms with Crippen LogP contribution in [0.4, 0.5) is 0 Å². The maximum Gasteiger partial charge on any atom is 0.00412 e. The minimum atomic E-state index is 0.437. The third kappa shape index (κ3) is 9.88. The molecular formula is C12H27N. The van der Waals surface area contributed by atoms with Crippen LogP contribution >= 0.6 is 0 Å². The van der Waals surface area contributed by atoms with Crippen LogP contribution in [0.2, 0.25) is 0 Å². The number of unbranched alkanes of at least 4 members (excludes halogenated alkanes) is 1. The molecule has 0 saturated carbocycles. The molecule has 1 heteroatoms. The molecule has 0 heterocycles. The Labute approximate surface area is 84.1 Å². The second-order valence-electron chi connectivity index (χ2n) is 5.07. The summed E-state index contributed by atoms with van der Waals surface area (Å²) in [6.45, 7) is 9.06. The lowest BCUT2D eigenvalue weighted by atomic mass is 9.98. The number of nitrogens with two attached hydrogens (primary N) is 1. The molecule has 0 radical (unpaired) electrons. The molecule has 1 unspecified atom stereocenters. The van der Waals surface area contributed by atoms with Crippen molar-refractivity contribution in [3.8, 4) is 0 Å². The van der Waals surface area contributed by atoms with E-state index in [0.29, 0.717) is 6.04 Å². The van der Waals surface area contributed by atoms with Gasteiger partial charge < -0.3 is 5.73 Å². The van der Waals surface area contributed by atoms with Crippen molar-refractivity contribution in [3.63, 3.8) is 0 Å². The zero-order valence-electron chi connectivity index (χ0n) is 9.84. The zero-order chi connectivity index (χ0) is 10.3. The van der Waals surface area contributed by atoms with Gasteiger partial charge in [0.2, 0.25) is 0 Å². The van der Waals surface area contributed by atoms with Gasteiger partial charge in [-0.1, -0.05) is 47.0 Å². The highest BCUT2D eigenvalue weighted by Gasteiger charge is 2.04. The molecule has 0 aliphatic carbocycles. The first kappa shape index (κ1) is 13.0. The van der Waals surface area contributed by atoms with Crippen LogP contribution in [0.25, 0.3) is 0 Å². The molecule has 0 aromatic carbocycles. The second kappa shape index (κ2) is 7.37. The van der Waals surface area contributed by atoms with E-state index in [9.17, 15) is 0 Å². The zero-order valence-corrected chi connectivity index (χ0v) is 9.84. The molecule has 80 valence electrons. The summed E-state index contributed by atoms with van der Waals surface area (Å²) in [5.74, 6) is 1.60. The molecule has 1 nitrogen and oxygen atoms in total. The van der Waals surface area contributed by atoms with E-state index in [-0.39, 0.29) is 0 Å². The molecule has 0 aliphatic rings. The summed E-state index contributed by atoms with van der Waals surface area (Å²) in [6, 6.07) is 0.437. The SMILES string of the molecule is CC(C)CCCCC(N)CC(C)C. The molecule has 0 bridgehead atoms. The van der Waals surface area contributed by atoms with Crippen molar-refractivity contribution in [2.75, 3.05) is 0 Å². The minimum absolute atomic E-state index is 0.437. The van der Waals surface area contributed by atoms with Gasteiger partial charge in [-0.05, 0) is 24.7 Å². The molecule has 0 aromatic heterocycles. The van der Waals surface area contributed by atoms with Crippen LogP contribution in [-0.2, 0) is 0 Å². The normalized spacial score (nSPS) is 14.1. The molecular weight excluding hydrogens is 158 g/mol. The van der Waals surface area contributed by atoms with E-state index in [0.717, 1.165) is 11.8 Å². The Morgan fingerprint density at radius 1 is 0.846 bits per heavy atom. The first-order chi connectivity index (χ1) is 6.02. The van der Waals surface area contributed by atoms with Crippen molar-refractivity contribution in [1.82, 2.24) is 0 Å². The van der Waals surface area contributed by atoms with Crippen LogP contribution in [0, 0.1) is 11.8 Å². The van der Waals surface area contributed by atoms with Gasteiger partial charge in [0.25, 0.3) is 0 Å². The smallest absolute Gasteiger partial charge is 0.00412 e. The highest BCUT2D eigenvalue weighted by atomic mass is 14.6. The van der Waals surface area contributed by atoms with Gasteiger partial charge in [0.15, 0.2) is 0 Å². The maximum absolute atomic E-state index is 5.99. The van der Waals surface area contributed by atoms with Crippen LogP contribution in [0.1, 0.15) is 59.8 Å². The minimum Gasteiger partial charge on any atom is -0.328 e. The predicted octanol–water partition coefficient (Wildman–Crippen LogP) is 3.58. The molecule has 0 spiro atoms.